The standard InChI is InChI=1S/C14H17N3O/c1-8(2)15-14-11-6-5-9(3)7-12(11)16-17-13(14)10(4)18/h5-8H,1-4H3,(H,15,16). The highest BCUT2D eigenvalue weighted by atomic mass is 16.1. The molecule has 0 aliphatic heterocycles. The van der Waals surface area contributed by atoms with E-state index in [9.17, 15) is 4.79 Å². The summed E-state index contributed by atoms with van der Waals surface area (Å²) in [5, 5.41) is 12.4. The van der Waals surface area contributed by atoms with Crippen molar-refractivity contribution >= 4 is 22.4 Å². The highest BCUT2D eigenvalue weighted by Gasteiger charge is 2.14. The fraction of sp³-hybridized carbons (Fsp3) is 0.357. The van der Waals surface area contributed by atoms with E-state index in [1.54, 1.807) is 0 Å². The number of nitrogens with one attached hydrogen (secondary N) is 1. The number of benzene rings is 1. The van der Waals surface area contributed by atoms with Crippen LogP contribution in [0.1, 0.15) is 36.8 Å². The molecule has 4 heteroatoms. The first kappa shape index (κ1) is 12.5. The molecular weight excluding hydrogens is 226 g/mol. The first-order chi connectivity index (χ1) is 8.49. The topological polar surface area (TPSA) is 54.9 Å². The summed E-state index contributed by atoms with van der Waals surface area (Å²) in [4.78, 5) is 11.6. The van der Waals surface area contributed by atoms with Gasteiger partial charge in [-0.15, -0.1) is 10.2 Å². The molecule has 0 unspecified atom stereocenters. The lowest BCUT2D eigenvalue weighted by atomic mass is 10.1. The lowest BCUT2D eigenvalue weighted by Gasteiger charge is -2.14. The smallest absolute Gasteiger partial charge is 0.182 e. The fourth-order valence-corrected chi connectivity index (χ4v) is 1.90. The zero-order valence-electron chi connectivity index (χ0n) is 11.1. The van der Waals surface area contributed by atoms with Gasteiger partial charge in [0.05, 0.1) is 11.2 Å². The molecule has 0 aliphatic carbocycles. The van der Waals surface area contributed by atoms with Crippen molar-refractivity contribution in [2.24, 2.45) is 0 Å². The molecule has 2 rings (SSSR count). The van der Waals surface area contributed by atoms with Gasteiger partial charge < -0.3 is 5.32 Å². The van der Waals surface area contributed by atoms with Gasteiger partial charge in [-0.25, -0.2) is 0 Å². The molecule has 0 amide bonds. The van der Waals surface area contributed by atoms with E-state index in [1.807, 2.05) is 39.0 Å². The van der Waals surface area contributed by atoms with E-state index in [4.69, 9.17) is 0 Å². The number of anilines is 1. The van der Waals surface area contributed by atoms with Crippen molar-refractivity contribution in [3.05, 3.63) is 29.5 Å². The molecular formula is C14H17N3O. The zero-order valence-corrected chi connectivity index (χ0v) is 11.1. The average molecular weight is 243 g/mol. The predicted molar refractivity (Wildman–Crippen MR) is 73.0 cm³/mol. The number of hydrogen-bond donors (Lipinski definition) is 1. The van der Waals surface area contributed by atoms with Gasteiger partial charge in [0.2, 0.25) is 0 Å². The largest absolute Gasteiger partial charge is 0.380 e. The number of carbonyl (C=O) groups is 1. The van der Waals surface area contributed by atoms with Gasteiger partial charge in [0.1, 0.15) is 0 Å². The van der Waals surface area contributed by atoms with Crippen molar-refractivity contribution in [2.75, 3.05) is 5.32 Å². The molecule has 0 aliphatic rings. The number of carbonyl (C=O) groups excluding carboxylic acids is 1. The monoisotopic (exact) mass is 243 g/mol. The van der Waals surface area contributed by atoms with Crippen LogP contribution in [-0.4, -0.2) is 22.0 Å². The molecule has 18 heavy (non-hydrogen) atoms. The second-order valence-corrected chi connectivity index (χ2v) is 4.80. The fourth-order valence-electron chi connectivity index (χ4n) is 1.90. The number of ketones is 1. The summed E-state index contributed by atoms with van der Waals surface area (Å²) in [5.41, 5.74) is 3.12. The van der Waals surface area contributed by atoms with E-state index in [-0.39, 0.29) is 11.8 Å². The predicted octanol–water partition coefficient (Wildman–Crippen LogP) is 2.96. The van der Waals surface area contributed by atoms with E-state index in [1.165, 1.54) is 6.92 Å². The van der Waals surface area contributed by atoms with Gasteiger partial charge in [0, 0.05) is 18.4 Å². The molecule has 4 nitrogen and oxygen atoms in total. The Balaban J connectivity index is 2.72. The van der Waals surface area contributed by atoms with Crippen LogP contribution >= 0.6 is 0 Å². The van der Waals surface area contributed by atoms with Gasteiger partial charge in [-0.1, -0.05) is 12.1 Å². The minimum atomic E-state index is -0.0758. The van der Waals surface area contributed by atoms with Crippen LogP contribution in [0.3, 0.4) is 0 Å². The first-order valence-electron chi connectivity index (χ1n) is 6.03. The Bertz CT molecular complexity index is 605. The van der Waals surface area contributed by atoms with Crippen LogP contribution in [0.4, 0.5) is 5.69 Å². The number of aromatic nitrogens is 2. The van der Waals surface area contributed by atoms with Gasteiger partial charge >= 0.3 is 0 Å². The number of rotatable bonds is 3. The Kier molecular flexibility index (Phi) is 3.28. The summed E-state index contributed by atoms with van der Waals surface area (Å²) < 4.78 is 0. The third kappa shape index (κ3) is 2.32. The van der Waals surface area contributed by atoms with Crippen molar-refractivity contribution in [1.29, 1.82) is 0 Å². The quantitative estimate of drug-likeness (QED) is 0.842. The summed E-state index contributed by atoms with van der Waals surface area (Å²) in [7, 11) is 0. The van der Waals surface area contributed by atoms with Crippen LogP contribution in [0, 0.1) is 6.92 Å². The van der Waals surface area contributed by atoms with E-state index < -0.39 is 0 Å². The van der Waals surface area contributed by atoms with Crippen LogP contribution in [0.25, 0.3) is 10.9 Å². The van der Waals surface area contributed by atoms with Crippen LogP contribution in [-0.2, 0) is 0 Å². The minimum absolute atomic E-state index is 0.0758. The maximum atomic E-state index is 11.6. The van der Waals surface area contributed by atoms with Crippen molar-refractivity contribution in [2.45, 2.75) is 33.7 Å². The summed E-state index contributed by atoms with van der Waals surface area (Å²) >= 11 is 0. The molecule has 0 saturated carbocycles. The van der Waals surface area contributed by atoms with Gasteiger partial charge in [-0.05, 0) is 32.4 Å². The number of nitrogens with zero attached hydrogens (tertiary/aromatic N) is 2. The zero-order chi connectivity index (χ0) is 13.3. The second-order valence-electron chi connectivity index (χ2n) is 4.80. The van der Waals surface area contributed by atoms with Crippen LogP contribution in [0.2, 0.25) is 0 Å². The van der Waals surface area contributed by atoms with Gasteiger partial charge in [-0.3, -0.25) is 4.79 Å². The number of aryl methyl sites for hydroxylation is 1. The Morgan fingerprint density at radius 1 is 1.28 bits per heavy atom. The van der Waals surface area contributed by atoms with E-state index >= 15 is 0 Å². The SMILES string of the molecule is CC(=O)c1nnc2cc(C)ccc2c1NC(C)C. The summed E-state index contributed by atoms with van der Waals surface area (Å²) in [6.45, 7) is 7.58. The molecule has 2 aromatic rings. The average Bonchev–Trinajstić information content (AvgIpc) is 2.27. The van der Waals surface area contributed by atoms with Crippen molar-refractivity contribution < 1.29 is 4.79 Å². The lowest BCUT2D eigenvalue weighted by Crippen LogP contribution is -2.15. The highest BCUT2D eigenvalue weighted by Crippen LogP contribution is 2.26. The third-order valence-electron chi connectivity index (χ3n) is 2.68. The molecule has 1 heterocycles. The van der Waals surface area contributed by atoms with Crippen molar-refractivity contribution in [1.82, 2.24) is 10.2 Å². The first-order valence-corrected chi connectivity index (χ1v) is 6.03. The van der Waals surface area contributed by atoms with Crippen LogP contribution in [0.5, 0.6) is 0 Å². The van der Waals surface area contributed by atoms with E-state index in [0.29, 0.717) is 5.69 Å². The van der Waals surface area contributed by atoms with Gasteiger partial charge in [0.25, 0.3) is 0 Å². The number of fused-ring (bicyclic) bond motifs is 1. The Morgan fingerprint density at radius 2 is 2.00 bits per heavy atom. The molecule has 0 radical (unpaired) electrons. The van der Waals surface area contributed by atoms with Crippen LogP contribution < -0.4 is 5.32 Å². The minimum Gasteiger partial charge on any atom is -0.380 e. The normalized spacial score (nSPS) is 10.9. The third-order valence-corrected chi connectivity index (χ3v) is 2.68. The summed E-state index contributed by atoms with van der Waals surface area (Å²) in [6, 6.07) is 6.20. The summed E-state index contributed by atoms with van der Waals surface area (Å²) in [6.07, 6.45) is 0. The lowest BCUT2D eigenvalue weighted by molar-refractivity contribution is 0.101. The number of Topliss-reactive ketones (excluding diaryl/α,β-unsaturated/α-hetero) is 1. The maximum Gasteiger partial charge on any atom is 0.182 e. The Labute approximate surface area is 106 Å². The molecule has 1 aromatic carbocycles. The van der Waals surface area contributed by atoms with Crippen LogP contribution in [0.15, 0.2) is 18.2 Å². The molecule has 0 bridgehead atoms. The molecule has 0 saturated heterocycles. The van der Waals surface area contributed by atoms with E-state index in [2.05, 4.69) is 15.5 Å². The van der Waals surface area contributed by atoms with Crippen molar-refractivity contribution in [3.63, 3.8) is 0 Å². The Hall–Kier alpha value is -1.97. The number of hydrogen-bond acceptors (Lipinski definition) is 4. The second kappa shape index (κ2) is 4.72. The van der Waals surface area contributed by atoms with E-state index in [0.717, 1.165) is 22.2 Å². The molecule has 0 fully saturated rings. The van der Waals surface area contributed by atoms with Crippen molar-refractivity contribution in [3.8, 4) is 0 Å². The maximum absolute atomic E-state index is 11.6. The highest BCUT2D eigenvalue weighted by molar-refractivity contribution is 6.05. The Morgan fingerprint density at radius 3 is 2.61 bits per heavy atom. The molecule has 0 atom stereocenters. The van der Waals surface area contributed by atoms with Gasteiger partial charge in [-0.2, -0.15) is 0 Å². The van der Waals surface area contributed by atoms with Gasteiger partial charge in [0.15, 0.2) is 11.5 Å². The molecule has 0 spiro atoms. The molecule has 94 valence electrons. The summed E-state index contributed by atoms with van der Waals surface area (Å²) in [5.74, 6) is -0.0758. The molecule has 1 aromatic heterocycles. The molecule has 1 N–H and O–H groups in total.